The summed E-state index contributed by atoms with van der Waals surface area (Å²) in [5, 5.41) is 2.42. The first-order valence-electron chi connectivity index (χ1n) is 18.8. The number of nitrogens with zero attached hydrogens (tertiary/aromatic N) is 3. The van der Waals surface area contributed by atoms with E-state index in [1.165, 1.54) is 27.5 Å². The van der Waals surface area contributed by atoms with Gasteiger partial charge in [0.05, 0.1) is 23.1 Å². The van der Waals surface area contributed by atoms with Crippen LogP contribution in [0, 0.1) is 5.92 Å². The number of amidine groups is 1. The van der Waals surface area contributed by atoms with Gasteiger partial charge in [-0.15, -0.1) is 0 Å². The number of aliphatic imine (C=N–C) groups is 2. The Morgan fingerprint density at radius 2 is 0.963 bits per heavy atom. The lowest BCUT2D eigenvalue weighted by atomic mass is 9.79. The molecule has 0 saturated carbocycles. The van der Waals surface area contributed by atoms with Crippen LogP contribution in [0.5, 0.6) is 0 Å². The fourth-order valence-corrected chi connectivity index (χ4v) is 7.81. The van der Waals surface area contributed by atoms with Crippen molar-refractivity contribution >= 4 is 22.3 Å². The molecule has 2 unspecified atom stereocenters. The third kappa shape index (κ3) is 6.46. The zero-order valence-electron chi connectivity index (χ0n) is 30.2. The summed E-state index contributed by atoms with van der Waals surface area (Å²) < 4.78 is 0. The van der Waals surface area contributed by atoms with Crippen molar-refractivity contribution in [3.8, 4) is 44.8 Å². The van der Waals surface area contributed by atoms with Gasteiger partial charge in [-0.25, -0.2) is 9.98 Å². The monoisotopic (exact) mass is 693 g/mol. The molecule has 8 aromatic rings. The second-order valence-electron chi connectivity index (χ2n) is 13.8. The van der Waals surface area contributed by atoms with Crippen molar-refractivity contribution in [1.82, 2.24) is 4.98 Å². The Labute approximate surface area is 317 Å². The van der Waals surface area contributed by atoms with Crippen LogP contribution in [0.1, 0.15) is 36.1 Å². The summed E-state index contributed by atoms with van der Waals surface area (Å²) in [6.45, 7) is 2.26. The van der Waals surface area contributed by atoms with E-state index in [-0.39, 0.29) is 12.0 Å². The molecule has 0 aliphatic carbocycles. The smallest absolute Gasteiger partial charge is 0.155 e. The molecular formula is C51H39N3. The van der Waals surface area contributed by atoms with Crippen LogP contribution < -0.4 is 0 Å². The first-order valence-corrected chi connectivity index (χ1v) is 18.8. The van der Waals surface area contributed by atoms with E-state index in [4.69, 9.17) is 15.0 Å². The first kappa shape index (κ1) is 33.1. The van der Waals surface area contributed by atoms with Crippen molar-refractivity contribution in [2.24, 2.45) is 15.9 Å². The van der Waals surface area contributed by atoms with Gasteiger partial charge >= 0.3 is 0 Å². The summed E-state index contributed by atoms with van der Waals surface area (Å²) in [4.78, 5) is 16.0. The lowest BCUT2D eigenvalue weighted by Gasteiger charge is -2.31. The topological polar surface area (TPSA) is 37.6 Å². The Balaban J connectivity index is 1.19. The van der Waals surface area contributed by atoms with Crippen LogP contribution in [-0.2, 0) is 0 Å². The molecule has 258 valence electrons. The summed E-state index contributed by atoms with van der Waals surface area (Å²) in [5.41, 5.74) is 13.2. The number of pyridine rings is 1. The van der Waals surface area contributed by atoms with E-state index in [0.717, 1.165) is 62.7 Å². The van der Waals surface area contributed by atoms with Crippen LogP contribution in [0.3, 0.4) is 0 Å². The largest absolute Gasteiger partial charge is 0.257 e. The summed E-state index contributed by atoms with van der Waals surface area (Å²) in [7, 11) is 0. The molecule has 3 heteroatoms. The minimum Gasteiger partial charge on any atom is -0.257 e. The highest BCUT2D eigenvalue weighted by molar-refractivity contribution is 6.15. The van der Waals surface area contributed by atoms with Crippen LogP contribution in [0.2, 0.25) is 0 Å². The van der Waals surface area contributed by atoms with E-state index < -0.39 is 0 Å². The van der Waals surface area contributed by atoms with Gasteiger partial charge in [-0.1, -0.05) is 189 Å². The molecule has 9 rings (SSSR count). The molecule has 3 nitrogen and oxygen atoms in total. The number of hydrogen-bond donors (Lipinski definition) is 0. The Morgan fingerprint density at radius 3 is 1.59 bits per heavy atom. The maximum atomic E-state index is 5.50. The molecule has 54 heavy (non-hydrogen) atoms. The van der Waals surface area contributed by atoms with Crippen LogP contribution in [0.15, 0.2) is 204 Å². The highest BCUT2D eigenvalue weighted by Crippen LogP contribution is 2.44. The zero-order valence-corrected chi connectivity index (χ0v) is 30.2. The van der Waals surface area contributed by atoms with Gasteiger partial charge in [0.25, 0.3) is 0 Å². The van der Waals surface area contributed by atoms with E-state index in [1.807, 2.05) is 12.1 Å². The number of fused-ring (bicyclic) bond motifs is 1. The fourth-order valence-electron chi connectivity index (χ4n) is 7.81. The van der Waals surface area contributed by atoms with Crippen molar-refractivity contribution in [3.63, 3.8) is 0 Å². The minimum atomic E-state index is -0.130. The van der Waals surface area contributed by atoms with Crippen molar-refractivity contribution in [1.29, 1.82) is 0 Å². The minimum absolute atomic E-state index is 0.0976. The lowest BCUT2D eigenvalue weighted by Crippen LogP contribution is -2.28. The number of benzene rings is 7. The quantitative estimate of drug-likeness (QED) is 0.156. The van der Waals surface area contributed by atoms with E-state index in [0.29, 0.717) is 0 Å². The SMILES string of the molecule is CCC1C(c2ccccc2)=NC(c2ccccc2)=NC1c1ccc2ccccc2c1-c1ccc(-c2cc(-c3ccccc3)cc(-c3ccccc3)n2)cc1. The summed E-state index contributed by atoms with van der Waals surface area (Å²) in [6.07, 6.45) is 0.905. The van der Waals surface area contributed by atoms with E-state index in [2.05, 4.69) is 189 Å². The summed E-state index contributed by atoms with van der Waals surface area (Å²) in [5.74, 6) is 0.873. The van der Waals surface area contributed by atoms with Crippen LogP contribution >= 0.6 is 0 Å². The molecule has 1 aromatic heterocycles. The highest BCUT2D eigenvalue weighted by atomic mass is 15.0. The number of hydrogen-bond acceptors (Lipinski definition) is 3. The molecule has 0 bridgehead atoms. The third-order valence-corrected chi connectivity index (χ3v) is 10.5. The van der Waals surface area contributed by atoms with Gasteiger partial charge in [0.15, 0.2) is 5.84 Å². The number of aromatic nitrogens is 1. The molecule has 1 aliphatic heterocycles. The zero-order chi connectivity index (χ0) is 36.3. The fraction of sp³-hybridized carbons (Fsp3) is 0.0784. The van der Waals surface area contributed by atoms with Crippen molar-refractivity contribution < 1.29 is 0 Å². The molecule has 0 spiro atoms. The molecule has 1 aliphatic rings. The van der Waals surface area contributed by atoms with Gasteiger partial charge in [-0.2, -0.15) is 0 Å². The van der Waals surface area contributed by atoms with E-state index >= 15 is 0 Å². The van der Waals surface area contributed by atoms with Gasteiger partial charge in [0, 0.05) is 22.6 Å². The van der Waals surface area contributed by atoms with Crippen LogP contribution in [-0.4, -0.2) is 16.5 Å². The van der Waals surface area contributed by atoms with Crippen LogP contribution in [0.4, 0.5) is 0 Å². The third-order valence-electron chi connectivity index (χ3n) is 10.5. The normalized spacial score (nSPS) is 15.4. The molecule has 0 saturated heterocycles. The summed E-state index contributed by atoms with van der Waals surface area (Å²) >= 11 is 0. The maximum Gasteiger partial charge on any atom is 0.155 e. The van der Waals surface area contributed by atoms with Crippen molar-refractivity contribution in [2.45, 2.75) is 19.4 Å². The van der Waals surface area contributed by atoms with E-state index in [1.54, 1.807) is 0 Å². The Morgan fingerprint density at radius 1 is 0.444 bits per heavy atom. The second-order valence-corrected chi connectivity index (χ2v) is 13.8. The first-order chi connectivity index (χ1) is 26.7. The van der Waals surface area contributed by atoms with Gasteiger partial charge in [0.2, 0.25) is 0 Å². The molecular weight excluding hydrogens is 655 g/mol. The van der Waals surface area contributed by atoms with Gasteiger partial charge in [-0.3, -0.25) is 4.99 Å². The van der Waals surface area contributed by atoms with Crippen molar-refractivity contribution in [3.05, 3.63) is 211 Å². The molecule has 7 aromatic carbocycles. The predicted octanol–water partition coefficient (Wildman–Crippen LogP) is 12.9. The molecule has 0 radical (unpaired) electrons. The van der Waals surface area contributed by atoms with Gasteiger partial charge in [-0.05, 0) is 62.7 Å². The maximum absolute atomic E-state index is 5.50. The standard InChI is InChI=1S/C51H39N3/c1-2-43-49(40-22-11-5-12-23-40)53-51(41-24-13-6-14-25-41)54-50(43)45-32-31-36-19-15-16-26-44(36)48(45)39-29-27-38(28-30-39)47-34-42(35-17-7-3-8-18-35)33-46(52-47)37-20-9-4-10-21-37/h3-34,43,50H,2H2,1H3. The molecule has 2 atom stereocenters. The van der Waals surface area contributed by atoms with Gasteiger partial charge < -0.3 is 0 Å². The summed E-state index contributed by atoms with van der Waals surface area (Å²) in [6, 6.07) is 68.5. The molecule has 2 heterocycles. The molecule has 0 fully saturated rings. The van der Waals surface area contributed by atoms with Crippen molar-refractivity contribution in [2.75, 3.05) is 0 Å². The molecule has 0 N–H and O–H groups in total. The number of rotatable bonds is 8. The molecule has 0 amide bonds. The predicted molar refractivity (Wildman–Crippen MR) is 226 cm³/mol. The van der Waals surface area contributed by atoms with Crippen LogP contribution in [0.25, 0.3) is 55.5 Å². The Hall–Kier alpha value is -6.71. The average molecular weight is 694 g/mol. The lowest BCUT2D eigenvalue weighted by molar-refractivity contribution is 0.534. The van der Waals surface area contributed by atoms with E-state index in [9.17, 15) is 0 Å². The highest BCUT2D eigenvalue weighted by Gasteiger charge is 2.33. The average Bonchev–Trinajstić information content (AvgIpc) is 3.26. The second kappa shape index (κ2) is 14.7. The Kier molecular flexibility index (Phi) is 9.04. The Bertz CT molecular complexity index is 2550. The van der Waals surface area contributed by atoms with Gasteiger partial charge in [0.1, 0.15) is 0 Å².